The second-order valence-corrected chi connectivity index (χ2v) is 10.9. The van der Waals surface area contributed by atoms with Crippen molar-refractivity contribution in [2.45, 2.75) is 70.8 Å². The molecular formula is C27H39NO5. The summed E-state index contributed by atoms with van der Waals surface area (Å²) in [5.41, 5.74) is 1.71. The number of fused-ring (bicyclic) bond motifs is 3. The zero-order valence-corrected chi connectivity index (χ0v) is 20.8. The van der Waals surface area contributed by atoms with Gasteiger partial charge in [0.25, 0.3) is 0 Å². The number of nitrogens with zero attached hydrogens (tertiary/aromatic N) is 1. The highest BCUT2D eigenvalue weighted by atomic mass is 16.5. The van der Waals surface area contributed by atoms with E-state index in [1.807, 2.05) is 19.9 Å². The number of benzene rings is 1. The molecule has 1 aromatic carbocycles. The lowest BCUT2D eigenvalue weighted by atomic mass is 9.67. The number of phenolic OH excluding ortho intramolecular Hbond substituents is 1. The Kier molecular flexibility index (Phi) is 6.79. The van der Waals surface area contributed by atoms with Crippen molar-refractivity contribution in [3.63, 3.8) is 0 Å². The number of phenols is 1. The van der Waals surface area contributed by atoms with E-state index in [4.69, 9.17) is 14.2 Å². The number of esters is 1. The first-order valence-electron chi connectivity index (χ1n) is 12.3. The maximum absolute atomic E-state index is 13.0. The van der Waals surface area contributed by atoms with Crippen LogP contribution in [0, 0.1) is 5.92 Å². The Bertz CT molecular complexity index is 913. The highest BCUT2D eigenvalue weighted by molar-refractivity contribution is 5.82. The maximum atomic E-state index is 13.0. The van der Waals surface area contributed by atoms with Crippen molar-refractivity contribution in [3.8, 4) is 11.5 Å². The molecule has 0 radical (unpaired) electrons. The van der Waals surface area contributed by atoms with Crippen LogP contribution in [-0.4, -0.2) is 61.0 Å². The quantitative estimate of drug-likeness (QED) is 0.384. The molecule has 3 aliphatic rings. The predicted molar refractivity (Wildman–Crippen MR) is 128 cm³/mol. The third kappa shape index (κ3) is 4.92. The third-order valence-corrected chi connectivity index (χ3v) is 7.69. The lowest BCUT2D eigenvalue weighted by molar-refractivity contribution is -0.149. The molecule has 2 unspecified atom stereocenters. The SMILES string of the molecule is CC1=CCC2C(C1)c1c(O)cc(C(C)(C)C(=O)OCCCN3CCOCC3)cc1OC2(C)C. The average Bonchev–Trinajstić information content (AvgIpc) is 2.76. The topological polar surface area (TPSA) is 68.2 Å². The number of carbonyl (C=O) groups is 1. The van der Waals surface area contributed by atoms with E-state index < -0.39 is 5.41 Å². The van der Waals surface area contributed by atoms with Gasteiger partial charge in [-0.15, -0.1) is 0 Å². The molecule has 0 spiro atoms. The van der Waals surface area contributed by atoms with Crippen LogP contribution in [0.1, 0.15) is 70.9 Å². The van der Waals surface area contributed by atoms with E-state index in [1.165, 1.54) is 5.57 Å². The normalized spacial score (nSPS) is 24.8. The number of morpholine rings is 1. The smallest absolute Gasteiger partial charge is 0.315 e. The van der Waals surface area contributed by atoms with E-state index in [0.29, 0.717) is 23.8 Å². The highest BCUT2D eigenvalue weighted by Crippen LogP contribution is 2.54. The Hall–Kier alpha value is -2.05. The van der Waals surface area contributed by atoms with E-state index >= 15 is 0 Å². The Labute approximate surface area is 197 Å². The molecular weight excluding hydrogens is 418 g/mol. The minimum absolute atomic E-state index is 0.218. The first-order chi connectivity index (χ1) is 15.6. The van der Waals surface area contributed by atoms with Crippen LogP contribution in [-0.2, 0) is 19.7 Å². The van der Waals surface area contributed by atoms with Gasteiger partial charge in [0.2, 0.25) is 0 Å². The largest absolute Gasteiger partial charge is 0.508 e. The molecule has 33 heavy (non-hydrogen) atoms. The minimum atomic E-state index is -0.891. The average molecular weight is 458 g/mol. The molecule has 0 bridgehead atoms. The first kappa shape index (κ1) is 24.1. The summed E-state index contributed by atoms with van der Waals surface area (Å²) in [4.78, 5) is 15.3. The fourth-order valence-electron chi connectivity index (χ4n) is 5.50. The number of aromatic hydroxyl groups is 1. The Balaban J connectivity index is 1.48. The van der Waals surface area contributed by atoms with Crippen molar-refractivity contribution in [2.75, 3.05) is 39.5 Å². The van der Waals surface area contributed by atoms with Gasteiger partial charge in [-0.2, -0.15) is 0 Å². The molecule has 2 heterocycles. The molecule has 1 aliphatic carbocycles. The first-order valence-corrected chi connectivity index (χ1v) is 12.3. The molecule has 1 N–H and O–H groups in total. The number of ether oxygens (including phenoxy) is 3. The summed E-state index contributed by atoms with van der Waals surface area (Å²) in [6.07, 6.45) is 4.96. The summed E-state index contributed by atoms with van der Waals surface area (Å²) in [7, 11) is 0. The summed E-state index contributed by atoms with van der Waals surface area (Å²) in [6, 6.07) is 3.68. The molecule has 2 aliphatic heterocycles. The molecule has 4 rings (SSSR count). The maximum Gasteiger partial charge on any atom is 0.315 e. The zero-order chi connectivity index (χ0) is 23.8. The fraction of sp³-hybridized carbons (Fsp3) is 0.667. The van der Waals surface area contributed by atoms with Gasteiger partial charge in [-0.3, -0.25) is 9.69 Å². The van der Waals surface area contributed by atoms with Crippen LogP contribution < -0.4 is 4.74 Å². The van der Waals surface area contributed by atoms with Gasteiger partial charge in [-0.25, -0.2) is 0 Å². The van der Waals surface area contributed by atoms with Crippen molar-refractivity contribution in [3.05, 3.63) is 34.9 Å². The van der Waals surface area contributed by atoms with Crippen LogP contribution in [0.4, 0.5) is 0 Å². The van der Waals surface area contributed by atoms with E-state index in [2.05, 4.69) is 31.7 Å². The van der Waals surface area contributed by atoms with Crippen LogP contribution in [0.15, 0.2) is 23.8 Å². The van der Waals surface area contributed by atoms with Crippen LogP contribution >= 0.6 is 0 Å². The lowest BCUT2D eigenvalue weighted by Crippen LogP contribution is -2.45. The molecule has 6 heteroatoms. The zero-order valence-electron chi connectivity index (χ0n) is 20.8. The van der Waals surface area contributed by atoms with Crippen molar-refractivity contribution in [1.29, 1.82) is 0 Å². The van der Waals surface area contributed by atoms with Gasteiger partial charge in [0.05, 0.1) is 25.2 Å². The molecule has 1 fully saturated rings. The molecule has 0 amide bonds. The minimum Gasteiger partial charge on any atom is -0.508 e. The summed E-state index contributed by atoms with van der Waals surface area (Å²) in [5, 5.41) is 11.1. The van der Waals surface area contributed by atoms with E-state index in [9.17, 15) is 9.90 Å². The molecule has 0 saturated carbocycles. The third-order valence-electron chi connectivity index (χ3n) is 7.69. The molecule has 0 aromatic heterocycles. The van der Waals surface area contributed by atoms with E-state index in [-0.39, 0.29) is 23.2 Å². The van der Waals surface area contributed by atoms with Gasteiger partial charge in [-0.1, -0.05) is 11.6 Å². The number of allylic oxidation sites excluding steroid dienone is 2. The highest BCUT2D eigenvalue weighted by Gasteiger charge is 2.46. The molecule has 6 nitrogen and oxygen atoms in total. The van der Waals surface area contributed by atoms with Gasteiger partial charge < -0.3 is 19.3 Å². The molecule has 182 valence electrons. The van der Waals surface area contributed by atoms with Crippen LogP contribution in [0.3, 0.4) is 0 Å². The monoisotopic (exact) mass is 457 g/mol. The lowest BCUT2D eigenvalue weighted by Gasteiger charge is -2.47. The number of carbonyl (C=O) groups excluding carboxylic acids is 1. The standard InChI is InChI=1S/C27H39NO5/c1-18-7-8-21-20(15-18)24-22(29)16-19(17-23(24)33-27(21,4)5)26(2,3)25(30)32-12-6-9-28-10-13-31-14-11-28/h7,16-17,20-21,29H,6,8-15H2,1-5H3. The van der Waals surface area contributed by atoms with E-state index in [0.717, 1.165) is 57.7 Å². The van der Waals surface area contributed by atoms with Crippen molar-refractivity contribution in [1.82, 2.24) is 4.90 Å². The van der Waals surface area contributed by atoms with Gasteiger partial charge in [-0.05, 0) is 71.6 Å². The van der Waals surface area contributed by atoms with Gasteiger partial charge in [0.1, 0.15) is 17.1 Å². The summed E-state index contributed by atoms with van der Waals surface area (Å²) >= 11 is 0. The molecule has 2 atom stereocenters. The Morgan fingerprint density at radius 1 is 1.27 bits per heavy atom. The summed E-state index contributed by atoms with van der Waals surface area (Å²) < 4.78 is 17.5. The summed E-state index contributed by atoms with van der Waals surface area (Å²) in [6.45, 7) is 14.8. The van der Waals surface area contributed by atoms with Crippen LogP contribution in [0.5, 0.6) is 11.5 Å². The Morgan fingerprint density at radius 2 is 2.00 bits per heavy atom. The predicted octanol–water partition coefficient (Wildman–Crippen LogP) is 4.55. The van der Waals surface area contributed by atoms with Gasteiger partial charge in [0.15, 0.2) is 0 Å². The number of rotatable bonds is 6. The second-order valence-electron chi connectivity index (χ2n) is 10.9. The van der Waals surface area contributed by atoms with Crippen LogP contribution in [0.25, 0.3) is 0 Å². The molecule has 1 saturated heterocycles. The molecule has 1 aromatic rings. The van der Waals surface area contributed by atoms with E-state index in [1.54, 1.807) is 6.07 Å². The second kappa shape index (κ2) is 9.30. The van der Waals surface area contributed by atoms with Crippen molar-refractivity contribution < 1.29 is 24.1 Å². The van der Waals surface area contributed by atoms with Gasteiger partial charge >= 0.3 is 5.97 Å². The van der Waals surface area contributed by atoms with Gasteiger partial charge in [0, 0.05) is 37.0 Å². The van der Waals surface area contributed by atoms with Crippen molar-refractivity contribution >= 4 is 5.97 Å². The number of hydrogen-bond donors (Lipinski definition) is 1. The summed E-state index contributed by atoms with van der Waals surface area (Å²) in [5.74, 6) is 1.16. The van der Waals surface area contributed by atoms with Crippen LogP contribution in [0.2, 0.25) is 0 Å². The number of hydrogen-bond acceptors (Lipinski definition) is 6. The van der Waals surface area contributed by atoms with Crippen molar-refractivity contribution in [2.24, 2.45) is 5.92 Å². The fourth-order valence-corrected chi connectivity index (χ4v) is 5.50. The Morgan fingerprint density at radius 3 is 2.73 bits per heavy atom.